The second-order valence-electron chi connectivity index (χ2n) is 3.25. The van der Waals surface area contributed by atoms with Crippen LogP contribution in [0, 0.1) is 0 Å². The lowest BCUT2D eigenvalue weighted by Gasteiger charge is -2.08. The number of rotatable bonds is 3. The summed E-state index contributed by atoms with van der Waals surface area (Å²) in [6.07, 6.45) is 0.829. The summed E-state index contributed by atoms with van der Waals surface area (Å²) >= 11 is 0. The molecule has 0 aromatic carbocycles. The number of nitrogens with zero attached hydrogens (tertiary/aromatic N) is 2. The molecule has 0 amide bonds. The van der Waals surface area contributed by atoms with Gasteiger partial charge in [-0.2, -0.15) is 0 Å². The summed E-state index contributed by atoms with van der Waals surface area (Å²) < 4.78 is 0. The van der Waals surface area contributed by atoms with E-state index in [-0.39, 0.29) is 0 Å². The maximum Gasteiger partial charge on any atom is 0.143 e. The first-order valence-corrected chi connectivity index (χ1v) is 4.51. The van der Waals surface area contributed by atoms with Crippen LogP contribution in [-0.2, 0) is 6.42 Å². The average molecular weight is 180 g/mol. The maximum absolute atomic E-state index is 5.30. The Labute approximate surface area is 78.6 Å². The van der Waals surface area contributed by atoms with E-state index in [1.807, 2.05) is 13.0 Å². The van der Waals surface area contributed by atoms with Crippen molar-refractivity contribution in [2.75, 3.05) is 5.43 Å². The fourth-order valence-corrected chi connectivity index (χ4v) is 1.05. The van der Waals surface area contributed by atoms with E-state index in [9.17, 15) is 0 Å². The molecule has 3 N–H and O–H groups in total. The van der Waals surface area contributed by atoms with Crippen molar-refractivity contribution in [1.82, 2.24) is 9.97 Å². The highest BCUT2D eigenvalue weighted by Gasteiger charge is 2.05. The van der Waals surface area contributed by atoms with Crippen molar-refractivity contribution < 1.29 is 0 Å². The summed E-state index contributed by atoms with van der Waals surface area (Å²) in [4.78, 5) is 8.60. The molecule has 1 aromatic rings. The lowest BCUT2D eigenvalue weighted by atomic mass is 10.1. The maximum atomic E-state index is 5.30. The average Bonchev–Trinajstić information content (AvgIpc) is 2.16. The molecule has 72 valence electrons. The van der Waals surface area contributed by atoms with Crippen LogP contribution >= 0.6 is 0 Å². The minimum Gasteiger partial charge on any atom is -0.308 e. The van der Waals surface area contributed by atoms with Crippen LogP contribution < -0.4 is 11.3 Å². The monoisotopic (exact) mass is 180 g/mol. The summed E-state index contributed by atoms with van der Waals surface area (Å²) in [5.41, 5.74) is 3.57. The van der Waals surface area contributed by atoms with E-state index in [0.717, 1.165) is 17.9 Å². The Morgan fingerprint density at radius 2 is 2.15 bits per heavy atom. The summed E-state index contributed by atoms with van der Waals surface area (Å²) in [5, 5.41) is 0. The van der Waals surface area contributed by atoms with E-state index in [0.29, 0.717) is 11.7 Å². The molecule has 0 aliphatic heterocycles. The van der Waals surface area contributed by atoms with Gasteiger partial charge in [-0.15, -0.1) is 0 Å². The Morgan fingerprint density at radius 3 is 2.62 bits per heavy atom. The van der Waals surface area contributed by atoms with Crippen LogP contribution in [0.25, 0.3) is 0 Å². The number of hydrogen-bond acceptors (Lipinski definition) is 4. The lowest BCUT2D eigenvalue weighted by molar-refractivity contribution is 0.787. The zero-order chi connectivity index (χ0) is 9.84. The zero-order valence-corrected chi connectivity index (χ0v) is 8.33. The van der Waals surface area contributed by atoms with Gasteiger partial charge in [0.1, 0.15) is 11.6 Å². The van der Waals surface area contributed by atoms with Gasteiger partial charge in [-0.05, 0) is 5.92 Å². The molecule has 0 saturated carbocycles. The molecule has 0 radical (unpaired) electrons. The number of aromatic nitrogens is 2. The zero-order valence-electron chi connectivity index (χ0n) is 8.33. The summed E-state index contributed by atoms with van der Waals surface area (Å²) in [7, 11) is 0. The molecule has 1 rings (SSSR count). The van der Waals surface area contributed by atoms with Crippen molar-refractivity contribution >= 4 is 5.82 Å². The molecule has 13 heavy (non-hydrogen) atoms. The Balaban J connectivity index is 3.07. The largest absolute Gasteiger partial charge is 0.308 e. The molecular formula is C9H16N4. The molecule has 0 unspecified atom stereocenters. The van der Waals surface area contributed by atoms with Crippen molar-refractivity contribution in [3.8, 4) is 0 Å². The van der Waals surface area contributed by atoms with Crippen LogP contribution in [0.1, 0.15) is 38.2 Å². The summed E-state index contributed by atoms with van der Waals surface area (Å²) in [6.45, 7) is 6.23. The van der Waals surface area contributed by atoms with Crippen molar-refractivity contribution in [1.29, 1.82) is 0 Å². The van der Waals surface area contributed by atoms with Crippen LogP contribution in [0.2, 0.25) is 0 Å². The normalized spacial score (nSPS) is 10.5. The van der Waals surface area contributed by atoms with Crippen molar-refractivity contribution in [3.63, 3.8) is 0 Å². The van der Waals surface area contributed by atoms with Gasteiger partial charge in [0.05, 0.1) is 0 Å². The van der Waals surface area contributed by atoms with E-state index >= 15 is 0 Å². The topological polar surface area (TPSA) is 63.8 Å². The molecule has 4 heteroatoms. The number of hydrazine groups is 1. The second-order valence-corrected chi connectivity index (χ2v) is 3.25. The Morgan fingerprint density at radius 1 is 1.46 bits per heavy atom. The first-order chi connectivity index (χ1) is 6.17. The minimum atomic E-state index is 0.403. The fraction of sp³-hybridized carbons (Fsp3) is 0.556. The van der Waals surface area contributed by atoms with Gasteiger partial charge in [0.25, 0.3) is 0 Å². The highest BCUT2D eigenvalue weighted by atomic mass is 15.3. The van der Waals surface area contributed by atoms with Gasteiger partial charge in [0.2, 0.25) is 0 Å². The van der Waals surface area contributed by atoms with Gasteiger partial charge in [-0.1, -0.05) is 20.8 Å². The molecule has 0 bridgehead atoms. The van der Waals surface area contributed by atoms with Crippen LogP contribution in [0.4, 0.5) is 5.82 Å². The number of aryl methyl sites for hydroxylation is 1. The molecule has 0 saturated heterocycles. The predicted molar refractivity (Wildman–Crippen MR) is 53.3 cm³/mol. The second kappa shape index (κ2) is 4.18. The predicted octanol–water partition coefficient (Wildman–Crippen LogP) is 1.45. The number of anilines is 1. The van der Waals surface area contributed by atoms with Gasteiger partial charge in [0.15, 0.2) is 0 Å². The first kappa shape index (κ1) is 9.92. The van der Waals surface area contributed by atoms with Gasteiger partial charge >= 0.3 is 0 Å². The number of hydrogen-bond donors (Lipinski definition) is 2. The van der Waals surface area contributed by atoms with Gasteiger partial charge in [-0.3, -0.25) is 0 Å². The van der Waals surface area contributed by atoms with Crippen molar-refractivity contribution in [3.05, 3.63) is 17.6 Å². The molecule has 0 atom stereocenters. The van der Waals surface area contributed by atoms with Gasteiger partial charge in [-0.25, -0.2) is 15.8 Å². The van der Waals surface area contributed by atoms with E-state index < -0.39 is 0 Å². The van der Waals surface area contributed by atoms with Gasteiger partial charge in [0, 0.05) is 18.2 Å². The quantitative estimate of drug-likeness (QED) is 0.546. The van der Waals surface area contributed by atoms with Crippen LogP contribution in [-0.4, -0.2) is 9.97 Å². The minimum absolute atomic E-state index is 0.403. The lowest BCUT2D eigenvalue weighted by Crippen LogP contribution is -2.11. The number of nitrogen functional groups attached to an aromatic ring is 1. The molecule has 0 fully saturated rings. The van der Waals surface area contributed by atoms with Gasteiger partial charge < -0.3 is 5.43 Å². The molecule has 4 nitrogen and oxygen atoms in total. The summed E-state index contributed by atoms with van der Waals surface area (Å²) in [5.74, 6) is 7.23. The highest BCUT2D eigenvalue weighted by molar-refractivity contribution is 5.35. The van der Waals surface area contributed by atoms with E-state index in [1.165, 1.54) is 0 Å². The van der Waals surface area contributed by atoms with E-state index in [4.69, 9.17) is 5.84 Å². The molecule has 0 aliphatic carbocycles. The third-order valence-electron chi connectivity index (χ3n) is 1.85. The highest BCUT2D eigenvalue weighted by Crippen LogP contribution is 2.14. The summed E-state index contributed by atoms with van der Waals surface area (Å²) in [6, 6.07) is 1.88. The van der Waals surface area contributed by atoms with E-state index in [1.54, 1.807) is 0 Å². The SMILES string of the molecule is CCc1nc(NN)cc(C(C)C)n1. The molecule has 1 aromatic heterocycles. The molecule has 0 aliphatic rings. The van der Waals surface area contributed by atoms with Crippen LogP contribution in [0.15, 0.2) is 6.07 Å². The van der Waals surface area contributed by atoms with Crippen LogP contribution in [0.3, 0.4) is 0 Å². The molecule has 1 heterocycles. The van der Waals surface area contributed by atoms with Crippen molar-refractivity contribution in [2.45, 2.75) is 33.1 Å². The Kier molecular flexibility index (Phi) is 3.19. The number of nitrogens with two attached hydrogens (primary N) is 1. The Hall–Kier alpha value is -1.16. The van der Waals surface area contributed by atoms with Crippen LogP contribution in [0.5, 0.6) is 0 Å². The molecular weight excluding hydrogens is 164 g/mol. The smallest absolute Gasteiger partial charge is 0.143 e. The van der Waals surface area contributed by atoms with Crippen molar-refractivity contribution in [2.24, 2.45) is 5.84 Å². The van der Waals surface area contributed by atoms with E-state index in [2.05, 4.69) is 29.2 Å². The fourth-order valence-electron chi connectivity index (χ4n) is 1.05. The molecule has 0 spiro atoms. The first-order valence-electron chi connectivity index (χ1n) is 4.51. The third-order valence-corrected chi connectivity index (χ3v) is 1.85. The Bertz CT molecular complexity index is 261. The third kappa shape index (κ3) is 2.39. The number of nitrogens with one attached hydrogen (secondary N) is 1. The standard InChI is InChI=1S/C9H16N4/c1-4-8-11-7(6(2)3)5-9(12-8)13-10/h5-6H,4,10H2,1-3H3,(H,11,12,13).